The molecule has 5 unspecified atom stereocenters. The lowest BCUT2D eigenvalue weighted by molar-refractivity contribution is -0.152. The van der Waals surface area contributed by atoms with E-state index in [0.717, 1.165) is 24.9 Å². The molecule has 3 rings (SSSR count). The normalized spacial score (nSPS) is 27.7. The molecule has 2 aliphatic rings. The standard InChI is InChI=1S/C22H31NO2.ClH/c1-16-13-14-17(2)23(16)15-18(3)25-22(24)21(20-11-7-8-12-20)19-9-5-4-6-10-19;/h4-7,9-11,16-18,20-21H,8,12-15H2,1-3H3;1H. The number of likely N-dealkylation sites (tertiary alicyclic amines) is 1. The molecule has 1 aromatic carbocycles. The van der Waals surface area contributed by atoms with Crippen molar-refractivity contribution in [3.05, 3.63) is 48.0 Å². The predicted octanol–water partition coefficient (Wildman–Crippen LogP) is 4.96. The highest BCUT2D eigenvalue weighted by Gasteiger charge is 2.33. The van der Waals surface area contributed by atoms with E-state index in [9.17, 15) is 4.79 Å². The smallest absolute Gasteiger partial charge is 0.314 e. The Morgan fingerprint density at radius 2 is 1.81 bits per heavy atom. The first-order valence-corrected chi connectivity index (χ1v) is 9.74. The van der Waals surface area contributed by atoms with Gasteiger partial charge in [-0.05, 0) is 57.9 Å². The molecule has 5 atom stereocenters. The molecule has 1 fully saturated rings. The average molecular weight is 378 g/mol. The number of halogens is 1. The molecule has 26 heavy (non-hydrogen) atoms. The fourth-order valence-electron chi connectivity index (χ4n) is 4.37. The van der Waals surface area contributed by atoms with Crippen molar-refractivity contribution in [2.24, 2.45) is 5.92 Å². The number of hydrogen-bond donors (Lipinski definition) is 0. The first-order valence-electron chi connectivity index (χ1n) is 9.74. The van der Waals surface area contributed by atoms with Gasteiger partial charge in [-0.25, -0.2) is 0 Å². The first kappa shape index (κ1) is 21.0. The van der Waals surface area contributed by atoms with Gasteiger partial charge in [-0.2, -0.15) is 0 Å². The van der Waals surface area contributed by atoms with Crippen molar-refractivity contribution in [2.75, 3.05) is 6.54 Å². The number of ether oxygens (including phenoxy) is 1. The number of rotatable bonds is 6. The minimum atomic E-state index is -0.184. The van der Waals surface area contributed by atoms with Gasteiger partial charge in [0, 0.05) is 18.6 Å². The highest BCUT2D eigenvalue weighted by atomic mass is 35.5. The number of esters is 1. The Labute approximate surface area is 164 Å². The van der Waals surface area contributed by atoms with Gasteiger partial charge in [-0.3, -0.25) is 9.69 Å². The fourth-order valence-corrected chi connectivity index (χ4v) is 4.37. The van der Waals surface area contributed by atoms with Crippen LogP contribution in [0.1, 0.15) is 57.9 Å². The van der Waals surface area contributed by atoms with Crippen molar-refractivity contribution in [1.29, 1.82) is 0 Å². The Balaban J connectivity index is 0.00000243. The summed E-state index contributed by atoms with van der Waals surface area (Å²) in [5.74, 6) is -0.00249. The maximum atomic E-state index is 13.0. The molecule has 0 aromatic heterocycles. The minimum Gasteiger partial charge on any atom is -0.461 e. The lowest BCUT2D eigenvalue weighted by atomic mass is 9.85. The van der Waals surface area contributed by atoms with Crippen LogP contribution in [0.3, 0.4) is 0 Å². The Kier molecular flexibility index (Phi) is 7.72. The van der Waals surface area contributed by atoms with E-state index in [1.54, 1.807) is 0 Å². The summed E-state index contributed by atoms with van der Waals surface area (Å²) >= 11 is 0. The molecule has 144 valence electrons. The van der Waals surface area contributed by atoms with Gasteiger partial charge in [0.05, 0.1) is 5.92 Å². The fraction of sp³-hybridized carbons (Fsp3) is 0.591. The third-order valence-corrected chi connectivity index (χ3v) is 5.81. The molecule has 1 aromatic rings. The summed E-state index contributed by atoms with van der Waals surface area (Å²) in [6.45, 7) is 7.40. The summed E-state index contributed by atoms with van der Waals surface area (Å²) in [6.07, 6.45) is 8.86. The van der Waals surface area contributed by atoms with E-state index < -0.39 is 0 Å². The molecule has 0 amide bonds. The molecule has 0 radical (unpaired) electrons. The molecule has 4 heteroatoms. The van der Waals surface area contributed by atoms with E-state index in [2.05, 4.69) is 30.9 Å². The van der Waals surface area contributed by atoms with Crippen LogP contribution in [0.4, 0.5) is 0 Å². The van der Waals surface area contributed by atoms with Crippen LogP contribution in [0.5, 0.6) is 0 Å². The lowest BCUT2D eigenvalue weighted by Crippen LogP contribution is -2.40. The first-order chi connectivity index (χ1) is 12.1. The summed E-state index contributed by atoms with van der Waals surface area (Å²) in [7, 11) is 0. The van der Waals surface area contributed by atoms with Crippen LogP contribution in [0.2, 0.25) is 0 Å². The highest BCUT2D eigenvalue weighted by Crippen LogP contribution is 2.34. The number of benzene rings is 1. The van der Waals surface area contributed by atoms with Gasteiger partial charge in [0.1, 0.15) is 6.10 Å². The monoisotopic (exact) mass is 377 g/mol. The third kappa shape index (κ3) is 4.89. The van der Waals surface area contributed by atoms with E-state index in [0.29, 0.717) is 12.1 Å². The van der Waals surface area contributed by atoms with Crippen LogP contribution in [0.15, 0.2) is 42.5 Å². The Morgan fingerprint density at radius 3 is 2.38 bits per heavy atom. The lowest BCUT2D eigenvalue weighted by Gasteiger charge is -2.30. The van der Waals surface area contributed by atoms with E-state index in [1.807, 2.05) is 37.3 Å². The molecule has 0 bridgehead atoms. The van der Waals surface area contributed by atoms with Gasteiger partial charge >= 0.3 is 5.97 Å². The third-order valence-electron chi connectivity index (χ3n) is 5.81. The zero-order valence-electron chi connectivity index (χ0n) is 16.1. The quantitative estimate of drug-likeness (QED) is 0.518. The minimum absolute atomic E-state index is 0. The summed E-state index contributed by atoms with van der Waals surface area (Å²) in [6, 6.07) is 11.3. The van der Waals surface area contributed by atoms with Crippen LogP contribution in [-0.2, 0) is 9.53 Å². The number of allylic oxidation sites excluding steroid dienone is 2. The molecule has 1 saturated heterocycles. The van der Waals surface area contributed by atoms with Gasteiger partial charge in [-0.1, -0.05) is 42.5 Å². The Bertz CT molecular complexity index is 593. The molecule has 3 nitrogen and oxygen atoms in total. The average Bonchev–Trinajstić information content (AvgIpc) is 3.22. The van der Waals surface area contributed by atoms with Crippen LogP contribution in [0.25, 0.3) is 0 Å². The van der Waals surface area contributed by atoms with E-state index in [-0.39, 0.29) is 36.3 Å². The second-order valence-corrected chi connectivity index (χ2v) is 7.78. The molecule has 0 N–H and O–H groups in total. The number of carbonyl (C=O) groups is 1. The van der Waals surface area contributed by atoms with Crippen molar-refractivity contribution in [2.45, 2.75) is 70.6 Å². The van der Waals surface area contributed by atoms with Crippen LogP contribution < -0.4 is 0 Å². The van der Waals surface area contributed by atoms with Crippen molar-refractivity contribution < 1.29 is 9.53 Å². The molecule has 0 spiro atoms. The molecular formula is C22H32ClNO2. The zero-order chi connectivity index (χ0) is 17.8. The van der Waals surface area contributed by atoms with Crippen molar-refractivity contribution in [3.8, 4) is 0 Å². The van der Waals surface area contributed by atoms with Crippen LogP contribution in [0, 0.1) is 5.92 Å². The van der Waals surface area contributed by atoms with Gasteiger partial charge in [0.25, 0.3) is 0 Å². The van der Waals surface area contributed by atoms with Crippen molar-refractivity contribution >= 4 is 18.4 Å². The maximum Gasteiger partial charge on any atom is 0.314 e. The molecule has 1 aliphatic carbocycles. The van der Waals surface area contributed by atoms with Gasteiger partial charge in [0.2, 0.25) is 0 Å². The highest BCUT2D eigenvalue weighted by molar-refractivity contribution is 5.85. The van der Waals surface area contributed by atoms with Crippen molar-refractivity contribution in [1.82, 2.24) is 4.90 Å². The number of carbonyl (C=O) groups excluding carboxylic acids is 1. The summed E-state index contributed by atoms with van der Waals surface area (Å²) in [5, 5.41) is 0. The summed E-state index contributed by atoms with van der Waals surface area (Å²) in [4.78, 5) is 15.5. The van der Waals surface area contributed by atoms with E-state index >= 15 is 0 Å². The van der Waals surface area contributed by atoms with E-state index in [4.69, 9.17) is 4.74 Å². The number of nitrogens with zero attached hydrogens (tertiary/aromatic N) is 1. The second kappa shape index (κ2) is 9.57. The largest absolute Gasteiger partial charge is 0.461 e. The van der Waals surface area contributed by atoms with Crippen LogP contribution >= 0.6 is 12.4 Å². The van der Waals surface area contributed by atoms with Gasteiger partial charge in [-0.15, -0.1) is 12.4 Å². The topological polar surface area (TPSA) is 29.5 Å². The molecular weight excluding hydrogens is 346 g/mol. The zero-order valence-corrected chi connectivity index (χ0v) is 17.0. The number of hydrogen-bond acceptors (Lipinski definition) is 3. The van der Waals surface area contributed by atoms with Crippen LogP contribution in [-0.4, -0.2) is 35.6 Å². The Morgan fingerprint density at radius 1 is 1.15 bits per heavy atom. The van der Waals surface area contributed by atoms with Gasteiger partial charge in [0.15, 0.2) is 0 Å². The summed E-state index contributed by atoms with van der Waals surface area (Å²) < 4.78 is 5.92. The van der Waals surface area contributed by atoms with E-state index in [1.165, 1.54) is 12.8 Å². The SMILES string of the molecule is CC(CN1C(C)CCC1C)OC(=O)C(c1ccccc1)C1C=CCC1.Cl. The van der Waals surface area contributed by atoms with Gasteiger partial charge < -0.3 is 4.74 Å². The molecule has 1 heterocycles. The maximum absolute atomic E-state index is 13.0. The predicted molar refractivity (Wildman–Crippen MR) is 109 cm³/mol. The van der Waals surface area contributed by atoms with Crippen molar-refractivity contribution in [3.63, 3.8) is 0 Å². The molecule has 0 saturated carbocycles. The molecule has 1 aliphatic heterocycles. The summed E-state index contributed by atoms with van der Waals surface area (Å²) in [5.41, 5.74) is 1.07. The Hall–Kier alpha value is -1.32. The second-order valence-electron chi connectivity index (χ2n) is 7.78.